The first-order chi connectivity index (χ1) is 11.4. The third kappa shape index (κ3) is 11.9. The molecule has 0 spiro atoms. The zero-order valence-corrected chi connectivity index (χ0v) is 15.7. The predicted molar refractivity (Wildman–Crippen MR) is 97.6 cm³/mol. The Bertz CT molecular complexity index is 380. The number of hydrogen-bond acceptors (Lipinski definition) is 4. The van der Waals surface area contributed by atoms with Crippen molar-refractivity contribution in [2.45, 2.75) is 72.1 Å². The molecule has 0 aliphatic carbocycles. The van der Waals surface area contributed by atoms with E-state index in [9.17, 15) is 9.59 Å². The lowest BCUT2D eigenvalue weighted by Crippen LogP contribution is -2.28. The van der Waals surface area contributed by atoms with E-state index < -0.39 is 17.9 Å². The number of ether oxygens (including phenoxy) is 2. The summed E-state index contributed by atoms with van der Waals surface area (Å²) < 4.78 is 10.4. The van der Waals surface area contributed by atoms with Crippen LogP contribution in [0.25, 0.3) is 0 Å². The van der Waals surface area contributed by atoms with Gasteiger partial charge in [0, 0.05) is 12.8 Å². The fourth-order valence-corrected chi connectivity index (χ4v) is 2.14. The number of hydrogen-bond donors (Lipinski definition) is 0. The highest BCUT2D eigenvalue weighted by molar-refractivity contribution is 5.94. The minimum atomic E-state index is -0.818. The van der Waals surface area contributed by atoms with Gasteiger partial charge in [0.2, 0.25) is 0 Å². The molecule has 0 unspecified atom stereocenters. The lowest BCUT2D eigenvalue weighted by molar-refractivity contribution is -0.162. The molecule has 4 nitrogen and oxygen atoms in total. The van der Waals surface area contributed by atoms with Crippen LogP contribution >= 0.6 is 0 Å². The van der Waals surface area contributed by atoms with E-state index in [1.54, 1.807) is 0 Å². The Morgan fingerprint density at radius 3 is 1.71 bits per heavy atom. The minimum Gasteiger partial charge on any atom is -0.465 e. The Hall–Kier alpha value is -1.58. The highest BCUT2D eigenvalue weighted by Gasteiger charge is 2.29. The van der Waals surface area contributed by atoms with Crippen molar-refractivity contribution in [2.24, 2.45) is 5.92 Å². The maximum absolute atomic E-state index is 12.2. The number of carbonyl (C=O) groups is 2. The topological polar surface area (TPSA) is 52.6 Å². The summed E-state index contributed by atoms with van der Waals surface area (Å²) >= 11 is 0. The second kappa shape index (κ2) is 13.8. The van der Waals surface area contributed by atoms with Crippen molar-refractivity contribution in [3.63, 3.8) is 0 Å². The van der Waals surface area contributed by atoms with E-state index in [0.717, 1.165) is 36.8 Å². The Labute approximate surface area is 147 Å². The van der Waals surface area contributed by atoms with E-state index in [2.05, 4.69) is 20.1 Å². The number of unbranched alkanes of at least 4 members (excludes halogenated alkanes) is 4. The first-order valence-electron chi connectivity index (χ1n) is 9.00. The van der Waals surface area contributed by atoms with Gasteiger partial charge < -0.3 is 9.47 Å². The molecule has 0 N–H and O–H groups in total. The molecule has 0 saturated carbocycles. The molecule has 0 rings (SSSR count). The van der Waals surface area contributed by atoms with E-state index in [-0.39, 0.29) is 13.2 Å². The molecule has 0 radical (unpaired) electrons. The molecule has 0 bridgehead atoms. The van der Waals surface area contributed by atoms with Crippen molar-refractivity contribution in [1.29, 1.82) is 0 Å². The normalized spacial score (nSPS) is 10.5. The van der Waals surface area contributed by atoms with Crippen molar-refractivity contribution in [3.05, 3.63) is 24.3 Å². The van der Waals surface area contributed by atoms with E-state index >= 15 is 0 Å². The molecule has 0 aliphatic heterocycles. The van der Waals surface area contributed by atoms with Crippen molar-refractivity contribution >= 4 is 11.9 Å². The standard InChI is InChI=1S/C20H34O4/c1-6-7-8-9-10-11-18(19(21)23-14-12-16(2)3)20(22)24-15-13-17(4)5/h18H,2,4,6-15H2,1,3,5H3. The van der Waals surface area contributed by atoms with Gasteiger partial charge in [0.1, 0.15) is 0 Å². The van der Waals surface area contributed by atoms with Crippen molar-refractivity contribution in [2.75, 3.05) is 13.2 Å². The summed E-state index contributed by atoms with van der Waals surface area (Å²) in [5, 5.41) is 0. The van der Waals surface area contributed by atoms with Crippen LogP contribution in [0.4, 0.5) is 0 Å². The highest BCUT2D eigenvalue weighted by Crippen LogP contribution is 2.16. The number of esters is 2. The monoisotopic (exact) mass is 338 g/mol. The van der Waals surface area contributed by atoms with Gasteiger partial charge in [-0.25, -0.2) is 0 Å². The minimum absolute atomic E-state index is 0.263. The summed E-state index contributed by atoms with van der Waals surface area (Å²) in [7, 11) is 0. The molecule has 0 fully saturated rings. The molecule has 0 atom stereocenters. The van der Waals surface area contributed by atoms with Crippen molar-refractivity contribution in [1.82, 2.24) is 0 Å². The van der Waals surface area contributed by atoms with Gasteiger partial charge in [-0.05, 0) is 20.3 Å². The van der Waals surface area contributed by atoms with E-state index in [4.69, 9.17) is 9.47 Å². The van der Waals surface area contributed by atoms with Gasteiger partial charge in [0.25, 0.3) is 0 Å². The van der Waals surface area contributed by atoms with Crippen LogP contribution in [0.3, 0.4) is 0 Å². The van der Waals surface area contributed by atoms with Crippen molar-refractivity contribution in [3.8, 4) is 0 Å². The maximum Gasteiger partial charge on any atom is 0.320 e. The van der Waals surface area contributed by atoms with E-state index in [0.29, 0.717) is 19.3 Å². The first kappa shape index (κ1) is 22.4. The molecular weight excluding hydrogens is 304 g/mol. The molecule has 0 saturated heterocycles. The smallest absolute Gasteiger partial charge is 0.320 e. The molecule has 0 heterocycles. The summed E-state index contributed by atoms with van der Waals surface area (Å²) in [6.07, 6.45) is 7.02. The van der Waals surface area contributed by atoms with Gasteiger partial charge >= 0.3 is 11.9 Å². The van der Waals surface area contributed by atoms with Crippen LogP contribution in [0, 0.1) is 5.92 Å². The lowest BCUT2D eigenvalue weighted by atomic mass is 10.0. The van der Waals surface area contributed by atoms with Gasteiger partial charge in [-0.2, -0.15) is 0 Å². The van der Waals surface area contributed by atoms with Gasteiger partial charge in [-0.15, -0.1) is 13.2 Å². The maximum atomic E-state index is 12.2. The molecule has 0 aromatic heterocycles. The van der Waals surface area contributed by atoms with Gasteiger partial charge in [0.05, 0.1) is 13.2 Å². The van der Waals surface area contributed by atoms with Crippen LogP contribution in [0.15, 0.2) is 24.3 Å². The fraction of sp³-hybridized carbons (Fsp3) is 0.700. The second-order valence-electron chi connectivity index (χ2n) is 6.50. The Morgan fingerprint density at radius 1 is 0.833 bits per heavy atom. The van der Waals surface area contributed by atoms with Gasteiger partial charge in [-0.3, -0.25) is 9.59 Å². The molecular formula is C20H34O4. The van der Waals surface area contributed by atoms with Crippen LogP contribution in [0.1, 0.15) is 72.1 Å². The molecule has 0 aromatic rings. The van der Waals surface area contributed by atoms with Gasteiger partial charge in [-0.1, -0.05) is 50.2 Å². The van der Waals surface area contributed by atoms with Crippen LogP contribution in [-0.4, -0.2) is 25.2 Å². The summed E-state index contributed by atoms with van der Waals surface area (Å²) in [6, 6.07) is 0. The third-order valence-corrected chi connectivity index (χ3v) is 3.71. The quantitative estimate of drug-likeness (QED) is 0.194. The summed E-state index contributed by atoms with van der Waals surface area (Å²) in [6.45, 7) is 14.0. The van der Waals surface area contributed by atoms with E-state index in [1.807, 2.05) is 13.8 Å². The predicted octanol–water partition coefficient (Wildman–Crippen LogP) is 4.98. The Kier molecular flexibility index (Phi) is 12.9. The second-order valence-corrected chi connectivity index (χ2v) is 6.50. The van der Waals surface area contributed by atoms with Crippen molar-refractivity contribution < 1.29 is 19.1 Å². The Balaban J connectivity index is 4.44. The van der Waals surface area contributed by atoms with Crippen LogP contribution in [0.5, 0.6) is 0 Å². The van der Waals surface area contributed by atoms with E-state index in [1.165, 1.54) is 6.42 Å². The third-order valence-electron chi connectivity index (χ3n) is 3.71. The Morgan fingerprint density at radius 2 is 1.29 bits per heavy atom. The number of carbonyl (C=O) groups excluding carboxylic acids is 2. The van der Waals surface area contributed by atoms with Crippen LogP contribution in [0.2, 0.25) is 0 Å². The SMILES string of the molecule is C=C(C)CCOC(=O)C(CCCCCCC)C(=O)OCCC(=C)C. The lowest BCUT2D eigenvalue weighted by Gasteiger charge is -2.15. The number of rotatable bonds is 14. The van der Waals surface area contributed by atoms with Gasteiger partial charge in [0.15, 0.2) is 5.92 Å². The largest absolute Gasteiger partial charge is 0.465 e. The molecule has 0 aliphatic rings. The zero-order valence-electron chi connectivity index (χ0n) is 15.7. The molecule has 0 aromatic carbocycles. The summed E-state index contributed by atoms with van der Waals surface area (Å²) in [5.74, 6) is -1.78. The van der Waals surface area contributed by atoms with Crippen LogP contribution < -0.4 is 0 Å². The summed E-state index contributed by atoms with van der Waals surface area (Å²) in [5.41, 5.74) is 1.89. The first-order valence-corrected chi connectivity index (χ1v) is 9.00. The fourth-order valence-electron chi connectivity index (χ4n) is 2.14. The van der Waals surface area contributed by atoms with Crippen LogP contribution in [-0.2, 0) is 19.1 Å². The average molecular weight is 338 g/mol. The zero-order chi connectivity index (χ0) is 18.4. The highest BCUT2D eigenvalue weighted by atomic mass is 16.6. The molecule has 4 heteroatoms. The molecule has 24 heavy (non-hydrogen) atoms. The average Bonchev–Trinajstić information content (AvgIpc) is 2.49. The molecule has 138 valence electrons. The summed E-state index contributed by atoms with van der Waals surface area (Å²) in [4.78, 5) is 24.4. The molecule has 0 amide bonds.